The van der Waals surface area contributed by atoms with Crippen LogP contribution in [0.4, 0.5) is 4.79 Å². The van der Waals surface area contributed by atoms with E-state index in [1.165, 1.54) is 28.6 Å². The summed E-state index contributed by atoms with van der Waals surface area (Å²) < 4.78 is -0.757. The number of carbonyl (C=O) groups excluding carboxylic acids is 5. The number of carboxylic acids is 1. The Labute approximate surface area is 205 Å². The van der Waals surface area contributed by atoms with Gasteiger partial charge in [0.25, 0.3) is 0 Å². The summed E-state index contributed by atoms with van der Waals surface area (Å²) in [7, 11) is 1.45. The van der Waals surface area contributed by atoms with Crippen LogP contribution in [0.1, 0.15) is 25.5 Å². The number of hydrogen-bond donors (Lipinski definition) is 3. The van der Waals surface area contributed by atoms with Gasteiger partial charge in [0.2, 0.25) is 11.8 Å². The molecule has 1 aromatic carbocycles. The summed E-state index contributed by atoms with van der Waals surface area (Å²) in [6.07, 6.45) is 0. The van der Waals surface area contributed by atoms with Crippen molar-refractivity contribution in [3.8, 4) is 0 Å². The van der Waals surface area contributed by atoms with E-state index >= 15 is 0 Å². The van der Waals surface area contributed by atoms with Gasteiger partial charge in [-0.1, -0.05) is 30.3 Å². The lowest BCUT2D eigenvalue weighted by Crippen LogP contribution is -2.71. The second-order valence-electron chi connectivity index (χ2n) is 9.06. The number of rotatable bonds is 5. The van der Waals surface area contributed by atoms with Crippen LogP contribution >= 0.6 is 11.8 Å². The van der Waals surface area contributed by atoms with Gasteiger partial charge in [-0.25, -0.2) is 9.59 Å². The second kappa shape index (κ2) is 8.87. The van der Waals surface area contributed by atoms with Gasteiger partial charge in [-0.15, -0.1) is 11.8 Å². The van der Waals surface area contributed by atoms with Crippen molar-refractivity contribution < 1.29 is 33.9 Å². The lowest BCUT2D eigenvalue weighted by molar-refractivity contribution is -0.161. The van der Waals surface area contributed by atoms with Gasteiger partial charge in [-0.2, -0.15) is 0 Å². The van der Waals surface area contributed by atoms with Crippen molar-refractivity contribution in [1.29, 1.82) is 0 Å². The highest BCUT2D eigenvalue weighted by atomic mass is 32.2. The molecule has 3 aliphatic heterocycles. The zero-order valence-electron chi connectivity index (χ0n) is 19.3. The van der Waals surface area contributed by atoms with E-state index in [0.717, 1.165) is 4.90 Å². The molecule has 12 nitrogen and oxygen atoms in total. The van der Waals surface area contributed by atoms with E-state index < -0.39 is 63.9 Å². The summed E-state index contributed by atoms with van der Waals surface area (Å²) in [6, 6.07) is 4.08. The number of carbonyl (C=O) groups is 6. The fraction of sp³-hybridized carbons (Fsp3) is 0.455. The maximum Gasteiger partial charge on any atom is 0.327 e. The number of amides is 6. The van der Waals surface area contributed by atoms with Crippen molar-refractivity contribution in [1.82, 2.24) is 25.3 Å². The molecule has 0 unspecified atom stereocenters. The molecule has 0 radical (unpaired) electrons. The van der Waals surface area contributed by atoms with Crippen LogP contribution in [0.5, 0.6) is 0 Å². The van der Waals surface area contributed by atoms with Gasteiger partial charge in [0.1, 0.15) is 23.5 Å². The Morgan fingerprint density at radius 2 is 1.74 bits per heavy atom. The molecule has 186 valence electrons. The fourth-order valence-electron chi connectivity index (χ4n) is 4.45. The van der Waals surface area contributed by atoms with E-state index in [9.17, 15) is 33.9 Å². The topological polar surface area (TPSA) is 156 Å². The SMILES string of the molecule is CN1CCN(C(=O)N[C@@H](C(=O)N[C@@H]2C(=O)N3[C@@H]2SC(C)(C)[C@@H]3C(=O)O)c2ccccc2)C(=O)C1=O. The number of hydrogen-bond acceptors (Lipinski definition) is 7. The first-order chi connectivity index (χ1) is 16.4. The largest absolute Gasteiger partial charge is 0.480 e. The van der Waals surface area contributed by atoms with E-state index in [1.54, 1.807) is 44.2 Å². The first kappa shape index (κ1) is 24.5. The van der Waals surface area contributed by atoms with E-state index in [4.69, 9.17) is 0 Å². The number of fused-ring (bicyclic) bond motifs is 1. The van der Waals surface area contributed by atoms with E-state index in [1.807, 2.05) is 0 Å². The van der Waals surface area contributed by atoms with Gasteiger partial charge >= 0.3 is 23.8 Å². The highest BCUT2D eigenvalue weighted by molar-refractivity contribution is 8.01. The van der Waals surface area contributed by atoms with Crippen molar-refractivity contribution in [3.63, 3.8) is 0 Å². The number of aliphatic carboxylic acids is 1. The number of carboxylic acid groups (broad SMARTS) is 1. The summed E-state index contributed by atoms with van der Waals surface area (Å²) in [5, 5.41) is 14.1. The van der Waals surface area contributed by atoms with Crippen molar-refractivity contribution in [2.24, 2.45) is 0 Å². The summed E-state index contributed by atoms with van der Waals surface area (Å²) in [5.74, 6) is -4.18. The molecular weight excluding hydrogens is 478 g/mol. The van der Waals surface area contributed by atoms with Crippen LogP contribution in [-0.2, 0) is 24.0 Å². The molecule has 3 N–H and O–H groups in total. The summed E-state index contributed by atoms with van der Waals surface area (Å²) in [6.45, 7) is 3.58. The number of nitrogens with one attached hydrogen (secondary N) is 2. The van der Waals surface area contributed by atoms with Gasteiger partial charge < -0.3 is 25.5 Å². The molecule has 0 bridgehead atoms. The lowest BCUT2D eigenvalue weighted by atomic mass is 9.95. The maximum absolute atomic E-state index is 13.3. The van der Waals surface area contributed by atoms with Gasteiger partial charge in [-0.05, 0) is 19.4 Å². The number of likely N-dealkylation sites (N-methyl/N-ethyl adjacent to an activating group) is 1. The lowest BCUT2D eigenvalue weighted by Gasteiger charge is -2.44. The van der Waals surface area contributed by atoms with Crippen LogP contribution in [0.2, 0.25) is 0 Å². The zero-order valence-corrected chi connectivity index (χ0v) is 20.1. The summed E-state index contributed by atoms with van der Waals surface area (Å²) >= 11 is 1.28. The third-order valence-electron chi connectivity index (χ3n) is 6.31. The number of thioether (sulfide) groups is 1. The number of benzene rings is 1. The van der Waals surface area contributed by atoms with Gasteiger partial charge in [0, 0.05) is 24.9 Å². The van der Waals surface area contributed by atoms with Crippen LogP contribution < -0.4 is 10.6 Å². The first-order valence-corrected chi connectivity index (χ1v) is 11.8. The Bertz CT molecular complexity index is 1110. The van der Waals surface area contributed by atoms with Gasteiger partial charge in [0.15, 0.2) is 0 Å². The van der Waals surface area contributed by atoms with Crippen molar-refractivity contribution in [2.45, 2.75) is 42.1 Å². The normalized spacial score (nSPS) is 26.1. The van der Waals surface area contributed by atoms with Crippen LogP contribution in [0.3, 0.4) is 0 Å². The molecule has 3 heterocycles. The summed E-state index contributed by atoms with van der Waals surface area (Å²) in [4.78, 5) is 78.1. The highest BCUT2D eigenvalue weighted by Crippen LogP contribution is 2.50. The minimum Gasteiger partial charge on any atom is -0.480 e. The quantitative estimate of drug-likeness (QED) is 0.354. The molecule has 3 aliphatic rings. The van der Waals surface area contributed by atoms with Crippen LogP contribution in [0.15, 0.2) is 30.3 Å². The Balaban J connectivity index is 1.52. The van der Waals surface area contributed by atoms with E-state index in [0.29, 0.717) is 5.56 Å². The molecule has 4 rings (SSSR count). The molecule has 0 saturated carbocycles. The van der Waals surface area contributed by atoms with Crippen LogP contribution in [-0.4, -0.2) is 97.8 Å². The predicted molar refractivity (Wildman–Crippen MR) is 123 cm³/mol. The Hall–Kier alpha value is -3.61. The van der Waals surface area contributed by atoms with Crippen molar-refractivity contribution >= 4 is 47.4 Å². The molecule has 0 spiro atoms. The molecule has 1 aromatic rings. The molecule has 6 amide bonds. The standard InChI is InChI=1S/C22H25N5O7S/c1-22(2)14(20(32)33)27-16(29)13(19(27)35-22)23-15(28)12(11-7-5-4-6-8-11)24-21(34)26-10-9-25(3)17(30)18(26)31/h4-8,12-14,19H,9-10H2,1-3H3,(H,23,28)(H,24,34)(H,32,33)/t12-,13-,14+,19-/m1/s1. The monoisotopic (exact) mass is 503 g/mol. The van der Waals surface area contributed by atoms with Crippen LogP contribution in [0.25, 0.3) is 0 Å². The van der Waals surface area contributed by atoms with Crippen molar-refractivity contribution in [2.75, 3.05) is 20.1 Å². The minimum atomic E-state index is -1.26. The minimum absolute atomic E-state index is 0.0313. The molecule has 13 heteroatoms. The van der Waals surface area contributed by atoms with Crippen molar-refractivity contribution in [3.05, 3.63) is 35.9 Å². The molecular formula is C22H25N5O7S. The average Bonchev–Trinajstić information content (AvgIpc) is 3.07. The zero-order chi connectivity index (χ0) is 25.7. The maximum atomic E-state index is 13.3. The summed E-state index contributed by atoms with van der Waals surface area (Å²) in [5.41, 5.74) is 0.401. The molecule has 3 saturated heterocycles. The van der Waals surface area contributed by atoms with Gasteiger partial charge in [-0.3, -0.25) is 24.1 Å². The molecule has 3 fully saturated rings. The number of piperazine rings is 1. The third-order valence-corrected chi connectivity index (χ3v) is 7.89. The number of nitrogens with zero attached hydrogens (tertiary/aromatic N) is 3. The van der Waals surface area contributed by atoms with E-state index in [-0.39, 0.29) is 13.1 Å². The fourth-order valence-corrected chi connectivity index (χ4v) is 6.08. The Kier molecular flexibility index (Phi) is 6.21. The number of β-lactam (4-membered cyclic amide) rings is 1. The molecule has 35 heavy (non-hydrogen) atoms. The van der Waals surface area contributed by atoms with Crippen LogP contribution in [0, 0.1) is 0 Å². The smallest absolute Gasteiger partial charge is 0.327 e. The first-order valence-electron chi connectivity index (χ1n) is 10.9. The third kappa shape index (κ3) is 4.20. The second-order valence-corrected chi connectivity index (χ2v) is 10.8. The van der Waals surface area contributed by atoms with Gasteiger partial charge in [0.05, 0.1) is 0 Å². The Morgan fingerprint density at radius 3 is 2.37 bits per heavy atom. The predicted octanol–water partition coefficient (Wildman–Crippen LogP) is -0.630. The Morgan fingerprint density at radius 1 is 1.09 bits per heavy atom. The van der Waals surface area contributed by atoms with E-state index in [2.05, 4.69) is 10.6 Å². The molecule has 0 aliphatic carbocycles. The average molecular weight is 504 g/mol. The molecule has 4 atom stereocenters. The molecule has 0 aromatic heterocycles. The number of imide groups is 1. The number of urea groups is 1. The highest BCUT2D eigenvalue weighted by Gasteiger charge is 2.64.